The van der Waals surface area contributed by atoms with E-state index in [0.717, 1.165) is 31.1 Å². The van der Waals surface area contributed by atoms with E-state index >= 15 is 0 Å². The molecule has 3 nitrogen and oxygen atoms in total. The van der Waals surface area contributed by atoms with Gasteiger partial charge in [-0.05, 0) is 37.3 Å². The van der Waals surface area contributed by atoms with Crippen molar-refractivity contribution in [1.29, 1.82) is 0 Å². The summed E-state index contributed by atoms with van der Waals surface area (Å²) in [6, 6.07) is 0. The van der Waals surface area contributed by atoms with Crippen LogP contribution < -0.4 is 0 Å². The molecule has 1 saturated heterocycles. The number of allylic oxidation sites excluding steroid dienone is 1. The SMILES string of the molecule is C=N/C=C(\C=N/CN1CC(C)CC2CC2C1)C(F)(F)F. The number of halogens is 3. The fourth-order valence-corrected chi connectivity index (χ4v) is 2.91. The third-order valence-corrected chi connectivity index (χ3v) is 3.91. The minimum absolute atomic E-state index is 0.318. The lowest BCUT2D eigenvalue weighted by Gasteiger charge is -2.21. The van der Waals surface area contributed by atoms with Crippen molar-refractivity contribution < 1.29 is 13.2 Å². The first-order valence-corrected chi connectivity index (χ1v) is 6.85. The van der Waals surface area contributed by atoms with Gasteiger partial charge in [0.25, 0.3) is 0 Å². The fourth-order valence-electron chi connectivity index (χ4n) is 2.91. The summed E-state index contributed by atoms with van der Waals surface area (Å²) in [6.07, 6.45) is -0.379. The molecule has 0 N–H and O–H groups in total. The van der Waals surface area contributed by atoms with Gasteiger partial charge in [0.05, 0.1) is 12.2 Å². The Morgan fingerprint density at radius 3 is 2.70 bits per heavy atom. The highest BCUT2D eigenvalue weighted by Gasteiger charge is 2.41. The van der Waals surface area contributed by atoms with E-state index in [0.29, 0.717) is 18.8 Å². The third kappa shape index (κ3) is 4.16. The van der Waals surface area contributed by atoms with E-state index in [2.05, 4.69) is 28.5 Å². The van der Waals surface area contributed by atoms with E-state index in [4.69, 9.17) is 0 Å². The quantitative estimate of drug-likeness (QED) is 0.730. The molecule has 0 aromatic rings. The van der Waals surface area contributed by atoms with Gasteiger partial charge in [0.15, 0.2) is 0 Å². The molecular formula is C14H20F3N3. The number of nitrogens with zero attached hydrogens (tertiary/aromatic N) is 3. The normalized spacial score (nSPS) is 32.0. The van der Waals surface area contributed by atoms with Gasteiger partial charge in [0.1, 0.15) is 0 Å². The van der Waals surface area contributed by atoms with E-state index in [9.17, 15) is 13.2 Å². The molecule has 0 spiro atoms. The first kappa shape index (κ1) is 15.2. The van der Waals surface area contributed by atoms with Gasteiger partial charge in [-0.3, -0.25) is 14.9 Å². The lowest BCUT2D eigenvalue weighted by Crippen LogP contribution is -2.29. The lowest BCUT2D eigenvalue weighted by molar-refractivity contribution is -0.0857. The highest BCUT2D eigenvalue weighted by atomic mass is 19.4. The van der Waals surface area contributed by atoms with Crippen LogP contribution in [0.1, 0.15) is 19.8 Å². The summed E-state index contributed by atoms with van der Waals surface area (Å²) < 4.78 is 37.8. The standard InChI is InChI=1S/C14H20F3N3/c1-10-3-11-4-12(11)8-20(7-10)9-19-6-13(5-18-2)14(15,16)17/h5-6,10-12H,2-4,7-9H2,1H3/b13-5+,19-6-. The molecule has 0 amide bonds. The van der Waals surface area contributed by atoms with E-state index < -0.39 is 11.7 Å². The summed E-state index contributed by atoms with van der Waals surface area (Å²) in [4.78, 5) is 9.26. The topological polar surface area (TPSA) is 28.0 Å². The molecule has 3 atom stereocenters. The maximum Gasteiger partial charge on any atom is 0.419 e. The van der Waals surface area contributed by atoms with Gasteiger partial charge in [-0.1, -0.05) is 6.92 Å². The summed E-state index contributed by atoms with van der Waals surface area (Å²) in [7, 11) is 0. The Kier molecular flexibility index (Phi) is 4.62. The van der Waals surface area contributed by atoms with Crippen molar-refractivity contribution in [3.63, 3.8) is 0 Å². The minimum Gasteiger partial charge on any atom is -0.284 e. The van der Waals surface area contributed by atoms with Gasteiger partial charge in [-0.15, -0.1) is 0 Å². The summed E-state index contributed by atoms with van der Waals surface area (Å²) in [6.45, 7) is 7.43. The number of alkyl halides is 3. The minimum atomic E-state index is -4.43. The Morgan fingerprint density at radius 2 is 2.05 bits per heavy atom. The zero-order valence-corrected chi connectivity index (χ0v) is 11.6. The number of fused-ring (bicyclic) bond motifs is 1. The van der Waals surface area contributed by atoms with Gasteiger partial charge in [0, 0.05) is 25.5 Å². The van der Waals surface area contributed by atoms with Crippen LogP contribution in [0.15, 0.2) is 21.8 Å². The Hall–Kier alpha value is -1.17. The number of hydrogen-bond donors (Lipinski definition) is 0. The molecule has 2 aliphatic rings. The van der Waals surface area contributed by atoms with Crippen molar-refractivity contribution in [3.8, 4) is 0 Å². The smallest absolute Gasteiger partial charge is 0.284 e. The average Bonchev–Trinajstić information content (AvgIpc) is 3.04. The first-order valence-electron chi connectivity index (χ1n) is 6.85. The molecule has 112 valence electrons. The van der Waals surface area contributed by atoms with E-state index in [1.807, 2.05) is 0 Å². The lowest BCUT2D eigenvalue weighted by atomic mass is 10.1. The second-order valence-electron chi connectivity index (χ2n) is 5.85. The monoisotopic (exact) mass is 287 g/mol. The molecule has 3 unspecified atom stereocenters. The molecule has 1 saturated carbocycles. The Morgan fingerprint density at radius 1 is 1.30 bits per heavy atom. The number of hydrogen-bond acceptors (Lipinski definition) is 3. The van der Waals surface area contributed by atoms with Gasteiger partial charge in [-0.25, -0.2) is 0 Å². The predicted molar refractivity (Wildman–Crippen MR) is 74.0 cm³/mol. The van der Waals surface area contributed by atoms with Gasteiger partial charge in [-0.2, -0.15) is 13.2 Å². The van der Waals surface area contributed by atoms with Gasteiger partial charge >= 0.3 is 6.18 Å². The van der Waals surface area contributed by atoms with Crippen LogP contribution in [0.25, 0.3) is 0 Å². The third-order valence-electron chi connectivity index (χ3n) is 3.91. The van der Waals surface area contributed by atoms with E-state index in [-0.39, 0.29) is 0 Å². The maximum absolute atomic E-state index is 12.6. The van der Waals surface area contributed by atoms with Crippen LogP contribution in [0.4, 0.5) is 13.2 Å². The van der Waals surface area contributed by atoms with E-state index in [1.54, 1.807) is 0 Å². The largest absolute Gasteiger partial charge is 0.419 e. The highest BCUT2D eigenvalue weighted by molar-refractivity contribution is 5.80. The molecule has 1 aliphatic carbocycles. The van der Waals surface area contributed by atoms with Crippen LogP contribution in [0.5, 0.6) is 0 Å². The molecule has 1 aliphatic heterocycles. The van der Waals surface area contributed by atoms with Crippen molar-refractivity contribution in [2.24, 2.45) is 27.7 Å². The van der Waals surface area contributed by atoms with E-state index in [1.165, 1.54) is 12.8 Å². The van der Waals surface area contributed by atoms with Crippen molar-refractivity contribution in [2.45, 2.75) is 25.9 Å². The number of rotatable bonds is 4. The fraction of sp³-hybridized carbons (Fsp3) is 0.714. The molecule has 1 heterocycles. The molecule has 6 heteroatoms. The Bertz CT molecular complexity index is 412. The van der Waals surface area contributed by atoms with Crippen molar-refractivity contribution in [1.82, 2.24) is 4.90 Å². The molecule has 0 bridgehead atoms. The summed E-state index contributed by atoms with van der Waals surface area (Å²) in [5.41, 5.74) is -0.861. The van der Waals surface area contributed by atoms with Crippen molar-refractivity contribution >= 4 is 12.9 Å². The summed E-state index contributed by atoms with van der Waals surface area (Å²) >= 11 is 0. The molecular weight excluding hydrogens is 267 g/mol. The van der Waals surface area contributed by atoms with Crippen molar-refractivity contribution in [3.05, 3.63) is 11.8 Å². The molecule has 20 heavy (non-hydrogen) atoms. The zero-order chi connectivity index (χ0) is 14.8. The van der Waals surface area contributed by atoms with Crippen LogP contribution >= 0.6 is 0 Å². The van der Waals surface area contributed by atoms with Gasteiger partial charge < -0.3 is 0 Å². The second-order valence-corrected chi connectivity index (χ2v) is 5.85. The molecule has 0 aromatic carbocycles. The molecule has 2 rings (SSSR count). The van der Waals surface area contributed by atoms with Gasteiger partial charge in [0.2, 0.25) is 0 Å². The van der Waals surface area contributed by atoms with Crippen LogP contribution in [0.2, 0.25) is 0 Å². The predicted octanol–water partition coefficient (Wildman–Crippen LogP) is 3.14. The molecule has 0 radical (unpaired) electrons. The molecule has 2 fully saturated rings. The van der Waals surface area contributed by atoms with Crippen molar-refractivity contribution in [2.75, 3.05) is 19.8 Å². The van der Waals surface area contributed by atoms with Crippen LogP contribution in [-0.4, -0.2) is 43.8 Å². The van der Waals surface area contributed by atoms with Crippen LogP contribution in [0, 0.1) is 17.8 Å². The Balaban J connectivity index is 1.91. The summed E-state index contributed by atoms with van der Waals surface area (Å²) in [5, 5.41) is 0. The first-order chi connectivity index (χ1) is 9.40. The molecule has 0 aromatic heterocycles. The summed E-state index contributed by atoms with van der Waals surface area (Å²) in [5.74, 6) is 2.15. The highest BCUT2D eigenvalue weighted by Crippen LogP contribution is 2.45. The second kappa shape index (κ2) is 6.08. The zero-order valence-electron chi connectivity index (χ0n) is 11.6. The number of aliphatic imine (C=N–C) groups is 2. The van der Waals surface area contributed by atoms with Crippen LogP contribution in [0.3, 0.4) is 0 Å². The Labute approximate surface area is 117 Å². The number of likely N-dealkylation sites (tertiary alicyclic amines) is 1. The van der Waals surface area contributed by atoms with Crippen LogP contribution in [-0.2, 0) is 0 Å². The average molecular weight is 287 g/mol. The maximum atomic E-state index is 12.6.